The van der Waals surface area contributed by atoms with E-state index in [0.29, 0.717) is 19.4 Å². The second kappa shape index (κ2) is 64.6. The molecule has 1 fully saturated rings. The Morgan fingerprint density at radius 1 is 0.425 bits per heavy atom. The van der Waals surface area contributed by atoms with Gasteiger partial charge < -0.3 is 45.1 Å². The van der Waals surface area contributed by atoms with Crippen molar-refractivity contribution in [3.63, 3.8) is 0 Å². The highest BCUT2D eigenvalue weighted by atomic mass is 16.7. The van der Waals surface area contributed by atoms with Crippen molar-refractivity contribution in [1.82, 2.24) is 5.32 Å². The molecule has 7 unspecified atom stereocenters. The van der Waals surface area contributed by atoms with Crippen molar-refractivity contribution < 1.29 is 49.3 Å². The van der Waals surface area contributed by atoms with Crippen molar-refractivity contribution in [2.24, 2.45) is 0 Å². The molecule has 87 heavy (non-hydrogen) atoms. The quantitative estimate of drug-likeness (QED) is 0.0195. The van der Waals surface area contributed by atoms with E-state index in [1.165, 1.54) is 238 Å². The SMILES string of the molecule is CCCCC/C=C\C/C=C\CCCCCCCC(=O)OCCCCCCCCCCCCC/C=C\C/C=C\CCCCCCCCCCCCCCCCCCCC(=O)NC(COC1OC(CO)C(O)C(O)C1O)C(O)/C=C/CC/C=C/CCCCC. The fourth-order valence-electron chi connectivity index (χ4n) is 11.2. The number of hydrogen-bond donors (Lipinski definition) is 6. The first-order valence-corrected chi connectivity index (χ1v) is 36.7. The first-order chi connectivity index (χ1) is 42.7. The third-order valence-corrected chi connectivity index (χ3v) is 17.0. The van der Waals surface area contributed by atoms with Crippen molar-refractivity contribution in [2.75, 3.05) is 19.8 Å². The Morgan fingerprint density at radius 3 is 1.21 bits per heavy atom. The van der Waals surface area contributed by atoms with E-state index in [4.69, 9.17) is 14.2 Å². The second-order valence-corrected chi connectivity index (χ2v) is 25.3. The molecule has 1 aliphatic heterocycles. The molecular weight excluding hydrogens is 1090 g/mol. The van der Waals surface area contributed by atoms with E-state index < -0.39 is 49.5 Å². The Bertz CT molecular complexity index is 1680. The van der Waals surface area contributed by atoms with Gasteiger partial charge in [0.05, 0.1) is 32.0 Å². The molecule has 0 aliphatic carbocycles. The minimum absolute atomic E-state index is 0.00458. The Morgan fingerprint density at radius 2 is 0.782 bits per heavy atom. The van der Waals surface area contributed by atoms with E-state index in [1.807, 2.05) is 6.08 Å². The normalized spacial score (nSPS) is 18.3. The first-order valence-electron chi connectivity index (χ1n) is 36.7. The fourth-order valence-corrected chi connectivity index (χ4v) is 11.2. The van der Waals surface area contributed by atoms with Gasteiger partial charge in [0, 0.05) is 12.8 Å². The Balaban J connectivity index is 1.90. The summed E-state index contributed by atoms with van der Waals surface area (Å²) in [5.41, 5.74) is 0. The lowest BCUT2D eigenvalue weighted by atomic mass is 9.99. The van der Waals surface area contributed by atoms with Gasteiger partial charge in [-0.25, -0.2) is 0 Å². The molecule has 0 aromatic rings. The van der Waals surface area contributed by atoms with Gasteiger partial charge in [0.2, 0.25) is 5.91 Å². The monoisotopic (exact) mass is 1220 g/mol. The minimum Gasteiger partial charge on any atom is -0.466 e. The fraction of sp³-hybridized carbons (Fsp3) is 0.816. The molecule has 1 saturated heterocycles. The molecule has 0 saturated carbocycles. The molecule has 0 bridgehead atoms. The first kappa shape index (κ1) is 82.1. The van der Waals surface area contributed by atoms with Crippen LogP contribution in [-0.4, -0.2) is 100 Å². The zero-order chi connectivity index (χ0) is 63.0. The molecule has 0 radical (unpaired) electrons. The Kier molecular flexibility index (Phi) is 61.0. The highest BCUT2D eigenvalue weighted by Crippen LogP contribution is 2.23. The number of carbonyl (C=O) groups excluding carboxylic acids is 2. The molecule has 11 heteroatoms. The van der Waals surface area contributed by atoms with Crippen LogP contribution in [0.3, 0.4) is 0 Å². The molecule has 1 amide bonds. The number of hydrogen-bond acceptors (Lipinski definition) is 10. The van der Waals surface area contributed by atoms with Crippen LogP contribution in [0.15, 0.2) is 72.9 Å². The molecule has 7 atom stereocenters. The van der Waals surface area contributed by atoms with Gasteiger partial charge in [0.1, 0.15) is 24.4 Å². The number of aliphatic hydroxyl groups excluding tert-OH is 5. The van der Waals surface area contributed by atoms with Gasteiger partial charge in [-0.15, -0.1) is 0 Å². The molecule has 0 aromatic carbocycles. The summed E-state index contributed by atoms with van der Waals surface area (Å²) in [7, 11) is 0. The summed E-state index contributed by atoms with van der Waals surface area (Å²) in [6.07, 6.45) is 77.9. The lowest BCUT2D eigenvalue weighted by Crippen LogP contribution is -2.60. The summed E-state index contributed by atoms with van der Waals surface area (Å²) in [4.78, 5) is 25.1. The minimum atomic E-state index is -1.58. The summed E-state index contributed by atoms with van der Waals surface area (Å²) < 4.78 is 16.7. The summed E-state index contributed by atoms with van der Waals surface area (Å²) >= 11 is 0. The molecule has 0 aromatic heterocycles. The highest BCUT2D eigenvalue weighted by Gasteiger charge is 2.44. The van der Waals surface area contributed by atoms with E-state index in [9.17, 15) is 35.1 Å². The van der Waals surface area contributed by atoms with Gasteiger partial charge in [-0.05, 0) is 109 Å². The number of amides is 1. The van der Waals surface area contributed by atoms with Gasteiger partial charge in [0.25, 0.3) is 0 Å². The van der Waals surface area contributed by atoms with E-state index in [2.05, 4.69) is 79.9 Å². The number of allylic oxidation sites excluding steroid dienone is 11. The number of carbonyl (C=O) groups is 2. The molecule has 506 valence electrons. The van der Waals surface area contributed by atoms with Crippen LogP contribution in [0, 0.1) is 0 Å². The average Bonchev–Trinajstić information content (AvgIpc) is 3.66. The third-order valence-electron chi connectivity index (χ3n) is 17.0. The molecule has 0 spiro atoms. The molecule has 11 nitrogen and oxygen atoms in total. The molecule has 1 rings (SSSR count). The molecule has 1 aliphatic rings. The van der Waals surface area contributed by atoms with Crippen molar-refractivity contribution >= 4 is 11.9 Å². The van der Waals surface area contributed by atoms with E-state index >= 15 is 0 Å². The van der Waals surface area contributed by atoms with Crippen LogP contribution in [0.4, 0.5) is 0 Å². The van der Waals surface area contributed by atoms with Crippen molar-refractivity contribution in [2.45, 2.75) is 378 Å². The van der Waals surface area contributed by atoms with E-state index in [0.717, 1.165) is 70.6 Å². The Labute approximate surface area is 534 Å². The lowest BCUT2D eigenvalue weighted by molar-refractivity contribution is -0.302. The van der Waals surface area contributed by atoms with Crippen molar-refractivity contribution in [3.8, 4) is 0 Å². The maximum Gasteiger partial charge on any atom is 0.305 e. The summed E-state index contributed by atoms with van der Waals surface area (Å²) in [5, 5.41) is 54.3. The number of unbranched alkanes of at least 4 members (excludes halogenated alkanes) is 40. The van der Waals surface area contributed by atoms with Crippen LogP contribution in [0.25, 0.3) is 0 Å². The predicted molar refractivity (Wildman–Crippen MR) is 366 cm³/mol. The van der Waals surface area contributed by atoms with Crippen molar-refractivity contribution in [3.05, 3.63) is 72.9 Å². The van der Waals surface area contributed by atoms with Crippen LogP contribution in [0.1, 0.15) is 335 Å². The van der Waals surface area contributed by atoms with Crippen LogP contribution in [0.5, 0.6) is 0 Å². The second-order valence-electron chi connectivity index (χ2n) is 25.3. The standard InChI is InChI=1S/C76H137NO10/c1-3-5-7-9-11-13-14-15-37-41-44-48-52-56-60-64-72(81)85-65-61-57-53-49-45-42-39-36-34-32-30-28-26-24-22-20-18-16-17-19-21-23-25-27-29-31-33-35-38-40-43-47-51-55-59-63-71(80)77-68(69(79)62-58-54-50-46-12-10-8-6-4-2)67-86-76-75(84)74(83)73(82)70(66-78)87-76/h11-13,15,18,20,24,26,37,46,58,62,68-70,73-76,78-79,82-84H,3-10,14,16-17,19,21-23,25,27-36,38-45,47-57,59-61,63-67H2,1-2H3,(H,77,80)/b13-11-,20-18-,26-24-,37-15-,46-12+,62-58+. The van der Waals surface area contributed by atoms with Crippen molar-refractivity contribution in [1.29, 1.82) is 0 Å². The third kappa shape index (κ3) is 53.5. The number of rotatable bonds is 64. The van der Waals surface area contributed by atoms with Gasteiger partial charge in [0.15, 0.2) is 6.29 Å². The van der Waals surface area contributed by atoms with Crippen LogP contribution in [-0.2, 0) is 23.8 Å². The zero-order valence-corrected chi connectivity index (χ0v) is 56.2. The smallest absolute Gasteiger partial charge is 0.305 e. The zero-order valence-electron chi connectivity index (χ0n) is 56.2. The van der Waals surface area contributed by atoms with Crippen LogP contribution < -0.4 is 5.32 Å². The summed E-state index contributed by atoms with van der Waals surface area (Å²) in [6.45, 7) is 4.26. The van der Waals surface area contributed by atoms with Gasteiger partial charge in [-0.3, -0.25) is 9.59 Å². The van der Waals surface area contributed by atoms with Gasteiger partial charge in [-0.1, -0.05) is 286 Å². The summed E-state index contributed by atoms with van der Waals surface area (Å²) in [5.74, 6) is -0.197. The number of aliphatic hydroxyl groups is 5. The van der Waals surface area contributed by atoms with Crippen LogP contribution >= 0.6 is 0 Å². The van der Waals surface area contributed by atoms with Crippen LogP contribution in [0.2, 0.25) is 0 Å². The van der Waals surface area contributed by atoms with E-state index in [-0.39, 0.29) is 18.5 Å². The maximum absolute atomic E-state index is 13.0. The number of nitrogens with one attached hydrogen (secondary N) is 1. The van der Waals surface area contributed by atoms with E-state index in [1.54, 1.807) is 6.08 Å². The molecule has 1 heterocycles. The van der Waals surface area contributed by atoms with Gasteiger partial charge in [-0.2, -0.15) is 0 Å². The Hall–Kier alpha value is -2.90. The largest absolute Gasteiger partial charge is 0.466 e. The molecule has 6 N–H and O–H groups in total. The summed E-state index contributed by atoms with van der Waals surface area (Å²) in [6, 6.07) is -0.825. The highest BCUT2D eigenvalue weighted by molar-refractivity contribution is 5.76. The molecular formula is C76H137NO10. The van der Waals surface area contributed by atoms with Gasteiger partial charge >= 0.3 is 5.97 Å². The average molecular weight is 1220 g/mol. The number of ether oxygens (including phenoxy) is 3. The maximum atomic E-state index is 13.0. The predicted octanol–water partition coefficient (Wildman–Crippen LogP) is 19.1. The number of esters is 1. The topological polar surface area (TPSA) is 175 Å². The lowest BCUT2D eigenvalue weighted by Gasteiger charge is -2.40.